The molecule has 0 fully saturated rings. The zero-order chi connectivity index (χ0) is 23.8. The van der Waals surface area contributed by atoms with Crippen LogP contribution in [0.5, 0.6) is 0 Å². The molecule has 1 atom stereocenters. The Bertz CT molecular complexity index is 1420. The maximum atomic E-state index is 14.0. The number of pyridine rings is 1. The fourth-order valence-corrected chi connectivity index (χ4v) is 5.30. The van der Waals surface area contributed by atoms with Gasteiger partial charge in [0.15, 0.2) is 5.78 Å². The van der Waals surface area contributed by atoms with Crippen molar-refractivity contribution in [3.8, 4) is 0 Å². The largest absolute Gasteiger partial charge is 0.357 e. The van der Waals surface area contributed by atoms with E-state index in [0.717, 1.165) is 40.8 Å². The van der Waals surface area contributed by atoms with E-state index in [2.05, 4.69) is 23.4 Å². The van der Waals surface area contributed by atoms with Gasteiger partial charge in [0, 0.05) is 41.4 Å². The number of ketones is 1. The quantitative estimate of drug-likeness (QED) is 0.463. The first kappa shape index (κ1) is 22.2. The maximum Gasteiger partial charge on any atom is 0.256 e. The van der Waals surface area contributed by atoms with Crippen molar-refractivity contribution in [3.63, 3.8) is 0 Å². The molecule has 2 heterocycles. The van der Waals surface area contributed by atoms with Gasteiger partial charge in [-0.2, -0.15) is 0 Å². The van der Waals surface area contributed by atoms with Crippen molar-refractivity contribution in [2.24, 2.45) is 0 Å². The van der Waals surface area contributed by atoms with Crippen molar-refractivity contribution in [1.82, 2.24) is 4.57 Å². The molecule has 2 aromatic carbocycles. The van der Waals surface area contributed by atoms with Gasteiger partial charge in [-0.15, -0.1) is 13.2 Å². The number of rotatable bonds is 5. The predicted molar refractivity (Wildman–Crippen MR) is 140 cm³/mol. The topological polar surface area (TPSA) is 54.3 Å². The summed E-state index contributed by atoms with van der Waals surface area (Å²) >= 11 is 6.26. The molecule has 0 saturated carbocycles. The molecule has 5 rings (SSSR count). The Morgan fingerprint density at radius 3 is 2.62 bits per heavy atom. The number of nitrogens with zero attached hydrogens (tertiary/aromatic N) is 2. The molecule has 0 bridgehead atoms. The van der Waals surface area contributed by atoms with Crippen LogP contribution < -0.4 is 15.8 Å². The van der Waals surface area contributed by atoms with Crippen molar-refractivity contribution in [3.05, 3.63) is 106 Å². The van der Waals surface area contributed by atoms with Gasteiger partial charge in [0.2, 0.25) is 0 Å². The van der Waals surface area contributed by atoms with Crippen molar-refractivity contribution >= 4 is 39.7 Å². The molecule has 1 aliphatic heterocycles. The highest BCUT2D eigenvalue weighted by Gasteiger charge is 2.38. The third kappa shape index (κ3) is 3.66. The van der Waals surface area contributed by atoms with Crippen LogP contribution in [0.2, 0.25) is 5.02 Å². The van der Waals surface area contributed by atoms with Crippen LogP contribution in [0.15, 0.2) is 89.9 Å². The number of para-hydroxylation sites is 2. The summed E-state index contributed by atoms with van der Waals surface area (Å²) in [6.45, 7) is 8.63. The predicted octanol–water partition coefficient (Wildman–Crippen LogP) is 6.01. The van der Waals surface area contributed by atoms with Crippen LogP contribution in [0, 0.1) is 0 Å². The van der Waals surface area contributed by atoms with Gasteiger partial charge in [-0.1, -0.05) is 42.0 Å². The summed E-state index contributed by atoms with van der Waals surface area (Å²) < 4.78 is 1.69. The highest BCUT2D eigenvalue weighted by atomic mass is 35.5. The van der Waals surface area contributed by atoms with Crippen LogP contribution in [0.1, 0.15) is 30.9 Å². The second kappa shape index (κ2) is 8.99. The summed E-state index contributed by atoms with van der Waals surface area (Å²) in [5.41, 5.74) is 4.56. The molecule has 34 heavy (non-hydrogen) atoms. The lowest BCUT2D eigenvalue weighted by molar-refractivity contribution is -0.116. The van der Waals surface area contributed by atoms with E-state index in [1.54, 1.807) is 16.7 Å². The van der Waals surface area contributed by atoms with Crippen LogP contribution in [0.3, 0.4) is 0 Å². The Hall–Kier alpha value is -3.57. The van der Waals surface area contributed by atoms with Gasteiger partial charge in [-0.05, 0) is 48.6 Å². The summed E-state index contributed by atoms with van der Waals surface area (Å²) in [4.78, 5) is 29.5. The highest BCUT2D eigenvalue weighted by molar-refractivity contribution is 6.31. The van der Waals surface area contributed by atoms with E-state index in [1.165, 1.54) is 0 Å². The number of carbonyl (C=O) groups excluding carboxylic acids is 1. The zero-order valence-electron chi connectivity index (χ0n) is 18.9. The number of benzene rings is 2. The second-order valence-electron chi connectivity index (χ2n) is 8.66. The molecular weight excluding hydrogens is 446 g/mol. The monoisotopic (exact) mass is 471 g/mol. The molecule has 3 aromatic rings. The Morgan fingerprint density at radius 2 is 1.82 bits per heavy atom. The van der Waals surface area contributed by atoms with Crippen LogP contribution in [-0.4, -0.2) is 16.9 Å². The maximum absolute atomic E-state index is 14.0. The highest BCUT2D eigenvalue weighted by Crippen LogP contribution is 2.44. The number of Topliss-reactive ketones (excluding diaryl/α,β-unsaturated/α-hetero) is 1. The van der Waals surface area contributed by atoms with Crippen molar-refractivity contribution in [1.29, 1.82) is 0 Å². The molecule has 1 N–H and O–H groups in total. The van der Waals surface area contributed by atoms with E-state index in [9.17, 15) is 9.59 Å². The normalized spacial score (nSPS) is 17.6. The molecule has 172 valence electrons. The van der Waals surface area contributed by atoms with E-state index in [1.807, 2.05) is 48.5 Å². The third-order valence-corrected chi connectivity index (χ3v) is 6.79. The number of hydrogen-bond acceptors (Lipinski definition) is 4. The average molecular weight is 472 g/mol. The van der Waals surface area contributed by atoms with Crippen LogP contribution in [0.25, 0.3) is 10.9 Å². The Balaban J connectivity index is 1.86. The van der Waals surface area contributed by atoms with Gasteiger partial charge in [0.1, 0.15) is 0 Å². The number of anilines is 2. The Kier molecular flexibility index (Phi) is 5.88. The standard InChI is InChI=1S/C28H26ClN3O2/c1-3-14-31-23-10-6-5-8-21(23)30-22-9-7-11-25(33)26(22)27(31)20-16-18-12-13-19(29)17-24(18)32(15-4-2)28(20)34/h3-6,8,10,12-13,16-17,27,30H,1-2,7,9,11,14-15H2. The number of halogens is 1. The summed E-state index contributed by atoms with van der Waals surface area (Å²) in [5.74, 6) is 0.0755. The molecule has 0 spiro atoms. The smallest absolute Gasteiger partial charge is 0.256 e. The fraction of sp³-hybridized carbons (Fsp3) is 0.214. The van der Waals surface area contributed by atoms with Crippen LogP contribution in [-0.2, 0) is 11.3 Å². The van der Waals surface area contributed by atoms with Gasteiger partial charge in [0.25, 0.3) is 5.56 Å². The van der Waals surface area contributed by atoms with E-state index in [4.69, 9.17) is 11.6 Å². The minimum Gasteiger partial charge on any atom is -0.357 e. The summed E-state index contributed by atoms with van der Waals surface area (Å²) in [6.07, 6.45) is 5.54. The van der Waals surface area contributed by atoms with Gasteiger partial charge in [-0.25, -0.2) is 0 Å². The molecule has 1 unspecified atom stereocenters. The molecule has 2 aliphatic rings. The molecule has 6 heteroatoms. The Morgan fingerprint density at radius 1 is 1.03 bits per heavy atom. The Labute approximate surface area is 203 Å². The number of aromatic nitrogens is 1. The molecule has 0 radical (unpaired) electrons. The lowest BCUT2D eigenvalue weighted by Gasteiger charge is -2.34. The first-order valence-corrected chi connectivity index (χ1v) is 11.8. The minimum absolute atomic E-state index is 0.0755. The van der Waals surface area contributed by atoms with Crippen molar-refractivity contribution in [2.75, 3.05) is 16.8 Å². The van der Waals surface area contributed by atoms with E-state index < -0.39 is 6.04 Å². The summed E-state index contributed by atoms with van der Waals surface area (Å²) in [5, 5.41) is 4.97. The SMILES string of the molecule is C=CCN1c2ccccc2NC2=C(C(=O)CCC2)C1c1cc2ccc(Cl)cc2n(CC=C)c1=O. The van der Waals surface area contributed by atoms with Crippen molar-refractivity contribution < 1.29 is 4.79 Å². The third-order valence-electron chi connectivity index (χ3n) is 6.56. The minimum atomic E-state index is -0.541. The molecule has 5 nitrogen and oxygen atoms in total. The molecule has 0 saturated heterocycles. The van der Waals surface area contributed by atoms with Crippen LogP contribution in [0.4, 0.5) is 11.4 Å². The van der Waals surface area contributed by atoms with Gasteiger partial charge < -0.3 is 14.8 Å². The number of allylic oxidation sites excluding steroid dienone is 2. The first-order chi connectivity index (χ1) is 16.5. The van der Waals surface area contributed by atoms with Crippen LogP contribution >= 0.6 is 11.6 Å². The van der Waals surface area contributed by atoms with Gasteiger partial charge in [0.05, 0.1) is 22.9 Å². The number of fused-ring (bicyclic) bond motifs is 2. The van der Waals surface area contributed by atoms with E-state index in [-0.39, 0.29) is 11.3 Å². The fourth-order valence-electron chi connectivity index (χ4n) is 5.14. The first-order valence-electron chi connectivity index (χ1n) is 11.5. The molecule has 1 aliphatic carbocycles. The van der Waals surface area contributed by atoms with E-state index >= 15 is 0 Å². The van der Waals surface area contributed by atoms with E-state index in [0.29, 0.717) is 35.7 Å². The summed E-state index contributed by atoms with van der Waals surface area (Å²) in [6, 6.07) is 14.9. The average Bonchev–Trinajstić information content (AvgIpc) is 2.96. The number of carbonyl (C=O) groups is 1. The zero-order valence-corrected chi connectivity index (χ0v) is 19.6. The lowest BCUT2D eigenvalue weighted by atomic mass is 9.85. The molecule has 1 aromatic heterocycles. The number of nitrogens with one attached hydrogen (secondary N) is 1. The molecular formula is C28H26ClN3O2. The number of hydrogen-bond donors (Lipinski definition) is 1. The second-order valence-corrected chi connectivity index (χ2v) is 9.10. The van der Waals surface area contributed by atoms with Gasteiger partial charge >= 0.3 is 0 Å². The lowest BCUT2D eigenvalue weighted by Crippen LogP contribution is -2.38. The van der Waals surface area contributed by atoms with Crippen molar-refractivity contribution in [2.45, 2.75) is 31.8 Å². The summed E-state index contributed by atoms with van der Waals surface area (Å²) in [7, 11) is 0. The van der Waals surface area contributed by atoms with Gasteiger partial charge in [-0.3, -0.25) is 9.59 Å². The molecule has 0 amide bonds.